The molecular formula is C20H19F2NO5. The van der Waals surface area contributed by atoms with Crippen LogP contribution in [-0.4, -0.2) is 23.8 Å². The second-order valence-electron chi connectivity index (χ2n) is 6.62. The summed E-state index contributed by atoms with van der Waals surface area (Å²) in [4.78, 5) is 24.1. The van der Waals surface area contributed by atoms with E-state index in [1.54, 1.807) is 30.3 Å². The van der Waals surface area contributed by atoms with E-state index in [-0.39, 0.29) is 24.8 Å². The summed E-state index contributed by atoms with van der Waals surface area (Å²) in [6.45, 7) is 0.941. The number of aromatic nitrogens is 1. The summed E-state index contributed by atoms with van der Waals surface area (Å²) in [6, 6.07) is 11.1. The number of rotatable bonds is 7. The number of nitrogens with zero attached hydrogens (tertiary/aromatic N) is 1. The molecule has 0 bridgehead atoms. The molecule has 0 aliphatic heterocycles. The zero-order chi connectivity index (χ0) is 20.3. The molecule has 1 heterocycles. The molecule has 0 fully saturated rings. The van der Waals surface area contributed by atoms with Crippen molar-refractivity contribution in [2.45, 2.75) is 27.0 Å². The molecule has 0 N–H and O–H groups in total. The van der Waals surface area contributed by atoms with Gasteiger partial charge in [-0.1, -0.05) is 32.0 Å². The molecule has 6 nitrogen and oxygen atoms in total. The number of hydrogen-bond donors (Lipinski definition) is 0. The highest BCUT2D eigenvalue weighted by atomic mass is 19.3. The first kappa shape index (κ1) is 19.6. The first-order chi connectivity index (χ1) is 13.3. The van der Waals surface area contributed by atoms with Crippen LogP contribution in [0.25, 0.3) is 22.2 Å². The number of esters is 1. The van der Waals surface area contributed by atoms with Gasteiger partial charge in [0.1, 0.15) is 12.3 Å². The maximum Gasteiger partial charge on any atom is 0.420 e. The van der Waals surface area contributed by atoms with Crippen LogP contribution in [0.5, 0.6) is 5.75 Å². The normalized spacial score (nSPS) is 11.4. The predicted octanol–water partition coefficient (Wildman–Crippen LogP) is 4.06. The summed E-state index contributed by atoms with van der Waals surface area (Å²) in [5, 5.41) is 0. The van der Waals surface area contributed by atoms with Crippen molar-refractivity contribution in [2.75, 3.05) is 6.61 Å². The SMILES string of the molecule is CC(C)COC(=O)Cn1c(=O)oc2ccc(-c3ccc(OC(F)F)cc3)cc21. The Morgan fingerprint density at radius 2 is 1.79 bits per heavy atom. The first-order valence-electron chi connectivity index (χ1n) is 8.67. The van der Waals surface area contributed by atoms with Crippen LogP contribution in [0.3, 0.4) is 0 Å². The summed E-state index contributed by atoms with van der Waals surface area (Å²) in [5.74, 6) is -0.954. The summed E-state index contributed by atoms with van der Waals surface area (Å²) in [5.41, 5.74) is 2.23. The van der Waals surface area contributed by atoms with E-state index in [0.29, 0.717) is 11.1 Å². The number of fused-ring (bicyclic) bond motifs is 1. The van der Waals surface area contributed by atoms with Crippen molar-refractivity contribution >= 4 is 17.1 Å². The molecule has 0 radical (unpaired) electrons. The first-order valence-corrected chi connectivity index (χ1v) is 8.67. The van der Waals surface area contributed by atoms with E-state index < -0.39 is 18.3 Å². The molecule has 28 heavy (non-hydrogen) atoms. The van der Waals surface area contributed by atoms with Crippen molar-refractivity contribution in [1.82, 2.24) is 4.57 Å². The van der Waals surface area contributed by atoms with Crippen molar-refractivity contribution in [3.8, 4) is 16.9 Å². The Hall–Kier alpha value is -3.16. The fraction of sp³-hybridized carbons (Fsp3) is 0.300. The van der Waals surface area contributed by atoms with Crippen molar-refractivity contribution < 1.29 is 27.5 Å². The molecule has 0 unspecified atom stereocenters. The predicted molar refractivity (Wildman–Crippen MR) is 98.3 cm³/mol. The van der Waals surface area contributed by atoms with Crippen LogP contribution in [0, 0.1) is 5.92 Å². The maximum absolute atomic E-state index is 12.3. The van der Waals surface area contributed by atoms with Gasteiger partial charge in [0.2, 0.25) is 0 Å². The molecule has 1 aromatic heterocycles. The summed E-state index contributed by atoms with van der Waals surface area (Å²) < 4.78 is 40.4. The molecule has 0 amide bonds. The van der Waals surface area contributed by atoms with E-state index in [4.69, 9.17) is 9.15 Å². The summed E-state index contributed by atoms with van der Waals surface area (Å²) >= 11 is 0. The van der Waals surface area contributed by atoms with Crippen LogP contribution in [0.1, 0.15) is 13.8 Å². The molecule has 0 spiro atoms. The van der Waals surface area contributed by atoms with Gasteiger partial charge in [-0.05, 0) is 41.3 Å². The molecule has 148 valence electrons. The molecule has 8 heteroatoms. The largest absolute Gasteiger partial charge is 0.464 e. The number of alkyl halides is 2. The van der Waals surface area contributed by atoms with E-state index in [2.05, 4.69) is 4.74 Å². The third-order valence-electron chi connectivity index (χ3n) is 3.95. The summed E-state index contributed by atoms with van der Waals surface area (Å²) in [6.07, 6.45) is 0. The molecule has 0 atom stereocenters. The van der Waals surface area contributed by atoms with Gasteiger partial charge in [0.05, 0.1) is 12.1 Å². The van der Waals surface area contributed by atoms with Crippen molar-refractivity contribution in [1.29, 1.82) is 0 Å². The van der Waals surface area contributed by atoms with Gasteiger partial charge in [-0.15, -0.1) is 0 Å². The quantitative estimate of drug-likeness (QED) is 0.568. The average Bonchev–Trinajstić information content (AvgIpc) is 2.95. The second kappa shape index (κ2) is 8.24. The third-order valence-corrected chi connectivity index (χ3v) is 3.95. The Labute approximate surface area is 159 Å². The lowest BCUT2D eigenvalue weighted by Crippen LogP contribution is -2.22. The number of benzene rings is 2. The van der Waals surface area contributed by atoms with Crippen LogP contribution < -0.4 is 10.5 Å². The minimum absolute atomic E-state index is 0.0490. The monoisotopic (exact) mass is 391 g/mol. The van der Waals surface area contributed by atoms with Crippen LogP contribution in [0.15, 0.2) is 51.7 Å². The van der Waals surface area contributed by atoms with Crippen molar-refractivity contribution in [3.63, 3.8) is 0 Å². The Kier molecular flexibility index (Phi) is 5.77. The zero-order valence-electron chi connectivity index (χ0n) is 15.4. The highest BCUT2D eigenvalue weighted by Crippen LogP contribution is 2.26. The number of oxazole rings is 1. The van der Waals surface area contributed by atoms with E-state index in [1.807, 2.05) is 13.8 Å². The van der Waals surface area contributed by atoms with Crippen molar-refractivity contribution in [2.24, 2.45) is 5.92 Å². The fourth-order valence-electron chi connectivity index (χ4n) is 2.65. The standard InChI is InChI=1S/C20H19F2NO5/c1-12(2)11-26-18(24)10-23-16-9-14(5-8-17(16)28-20(23)25)13-3-6-15(7-4-13)27-19(21)22/h3-9,12,19H,10-11H2,1-2H3. The molecule has 3 rings (SSSR count). The number of carbonyl (C=O) groups is 1. The van der Waals surface area contributed by atoms with Gasteiger partial charge in [-0.3, -0.25) is 9.36 Å². The fourth-order valence-corrected chi connectivity index (χ4v) is 2.65. The molecule has 0 saturated heterocycles. The highest BCUT2D eigenvalue weighted by molar-refractivity contribution is 5.82. The van der Waals surface area contributed by atoms with Gasteiger partial charge in [0, 0.05) is 0 Å². The van der Waals surface area contributed by atoms with Gasteiger partial charge in [0.25, 0.3) is 0 Å². The van der Waals surface area contributed by atoms with Crippen LogP contribution in [0.2, 0.25) is 0 Å². The average molecular weight is 391 g/mol. The van der Waals surface area contributed by atoms with Gasteiger partial charge >= 0.3 is 18.3 Å². The topological polar surface area (TPSA) is 70.7 Å². The van der Waals surface area contributed by atoms with Gasteiger partial charge in [0.15, 0.2) is 5.58 Å². The minimum atomic E-state index is -2.89. The number of ether oxygens (including phenoxy) is 2. The Balaban J connectivity index is 1.88. The van der Waals surface area contributed by atoms with E-state index in [0.717, 1.165) is 11.1 Å². The lowest BCUT2D eigenvalue weighted by Gasteiger charge is -2.08. The maximum atomic E-state index is 12.3. The molecule has 2 aromatic carbocycles. The van der Waals surface area contributed by atoms with E-state index >= 15 is 0 Å². The molecule has 0 aliphatic rings. The van der Waals surface area contributed by atoms with Gasteiger partial charge in [-0.25, -0.2) is 4.79 Å². The van der Waals surface area contributed by atoms with Crippen molar-refractivity contribution in [3.05, 3.63) is 53.0 Å². The number of halogens is 2. The van der Waals surface area contributed by atoms with E-state index in [9.17, 15) is 18.4 Å². The number of carbonyl (C=O) groups excluding carboxylic acids is 1. The van der Waals surface area contributed by atoms with Crippen LogP contribution in [0.4, 0.5) is 8.78 Å². The second-order valence-corrected chi connectivity index (χ2v) is 6.62. The van der Waals surface area contributed by atoms with Gasteiger partial charge < -0.3 is 13.9 Å². The van der Waals surface area contributed by atoms with Crippen LogP contribution >= 0.6 is 0 Å². The minimum Gasteiger partial charge on any atom is -0.464 e. The Morgan fingerprint density at radius 3 is 2.43 bits per heavy atom. The number of hydrogen-bond acceptors (Lipinski definition) is 5. The molecule has 3 aromatic rings. The highest BCUT2D eigenvalue weighted by Gasteiger charge is 2.15. The Morgan fingerprint density at radius 1 is 1.11 bits per heavy atom. The molecule has 0 aliphatic carbocycles. The third kappa shape index (κ3) is 4.57. The molecular weight excluding hydrogens is 372 g/mol. The van der Waals surface area contributed by atoms with Gasteiger partial charge in [-0.2, -0.15) is 8.78 Å². The lowest BCUT2D eigenvalue weighted by molar-refractivity contribution is -0.145. The lowest BCUT2D eigenvalue weighted by atomic mass is 10.1. The summed E-state index contributed by atoms with van der Waals surface area (Å²) in [7, 11) is 0. The zero-order valence-corrected chi connectivity index (χ0v) is 15.4. The van der Waals surface area contributed by atoms with E-state index in [1.165, 1.54) is 16.7 Å². The Bertz CT molecular complexity index is 1020. The van der Waals surface area contributed by atoms with Crippen LogP contribution in [-0.2, 0) is 16.1 Å². The molecule has 0 saturated carbocycles. The smallest absolute Gasteiger partial charge is 0.420 e.